The molecule has 0 saturated heterocycles. The Morgan fingerprint density at radius 2 is 1.69 bits per heavy atom. The smallest absolute Gasteiger partial charge is 0.271 e. The Hall–Kier alpha value is -2.77. The summed E-state index contributed by atoms with van der Waals surface area (Å²) < 4.78 is 3.81. The number of hydrogen-bond acceptors (Lipinski definition) is 3. The van der Waals surface area contributed by atoms with Gasteiger partial charge in [-0.05, 0) is 75.9 Å². The zero-order chi connectivity index (χ0) is 21.7. The molecule has 0 saturated carbocycles. The molecule has 156 valence electrons. The van der Waals surface area contributed by atoms with Gasteiger partial charge in [0.2, 0.25) is 0 Å². The van der Waals surface area contributed by atoms with E-state index in [1.165, 1.54) is 31.6 Å². The predicted octanol–water partition coefficient (Wildman–Crippen LogP) is 4.92. The molecule has 2 aliphatic rings. The van der Waals surface area contributed by atoms with E-state index in [4.69, 9.17) is 4.99 Å². The third-order valence-corrected chi connectivity index (χ3v) is 7.86. The van der Waals surface area contributed by atoms with Gasteiger partial charge in [0, 0.05) is 9.13 Å². The molecule has 0 N–H and O–H groups in total. The molecular weight excluding hydrogens is 527 g/mol. The van der Waals surface area contributed by atoms with Crippen LogP contribution in [0.2, 0.25) is 0 Å². The van der Waals surface area contributed by atoms with E-state index in [1.807, 2.05) is 28.8 Å². The molecule has 1 aliphatic heterocycles. The predicted molar refractivity (Wildman–Crippen MR) is 138 cm³/mol. The zero-order valence-corrected chi connectivity index (χ0v) is 20.1. The SMILES string of the molecule is O=c1c(=Cc2ccc(I)cc2)sc2n1C(c1ccccc1)C1=C(N=2)c2ccccc2CC1. The Morgan fingerprint density at radius 3 is 2.50 bits per heavy atom. The van der Waals surface area contributed by atoms with Crippen molar-refractivity contribution in [2.75, 3.05) is 0 Å². The second kappa shape index (κ2) is 7.98. The van der Waals surface area contributed by atoms with Crippen LogP contribution in [0.1, 0.15) is 34.7 Å². The maximum Gasteiger partial charge on any atom is 0.271 e. The highest BCUT2D eigenvalue weighted by atomic mass is 127. The first-order valence-electron chi connectivity index (χ1n) is 10.6. The summed E-state index contributed by atoms with van der Waals surface area (Å²) in [5.41, 5.74) is 7.01. The van der Waals surface area contributed by atoms with Crippen LogP contribution in [-0.2, 0) is 6.42 Å². The summed E-state index contributed by atoms with van der Waals surface area (Å²) in [5.74, 6) is 0. The molecule has 1 aromatic heterocycles. The van der Waals surface area contributed by atoms with Crippen molar-refractivity contribution in [2.24, 2.45) is 4.99 Å². The lowest BCUT2D eigenvalue weighted by Gasteiger charge is -2.30. The number of benzene rings is 3. The van der Waals surface area contributed by atoms with E-state index in [9.17, 15) is 4.79 Å². The standard InChI is InChI=1S/C27H19IN2OS/c28-20-13-10-17(11-14-20)16-23-26(31)30-25(19-7-2-1-3-8-19)22-15-12-18-6-4-5-9-21(18)24(22)29-27(30)32-23/h1-11,13-14,16,25H,12,15H2. The molecule has 5 heteroatoms. The molecule has 0 bridgehead atoms. The van der Waals surface area contributed by atoms with E-state index in [1.54, 1.807) is 0 Å². The molecule has 6 rings (SSSR count). The van der Waals surface area contributed by atoms with Gasteiger partial charge in [0.05, 0.1) is 16.3 Å². The summed E-state index contributed by atoms with van der Waals surface area (Å²) in [4.78, 5) is 19.5. The molecule has 1 aliphatic carbocycles. The Morgan fingerprint density at radius 1 is 0.938 bits per heavy atom. The van der Waals surface area contributed by atoms with E-state index in [0.717, 1.165) is 39.0 Å². The lowest BCUT2D eigenvalue weighted by molar-refractivity contribution is 0.585. The first-order chi connectivity index (χ1) is 15.7. The fraction of sp³-hybridized carbons (Fsp3) is 0.111. The Kier molecular flexibility index (Phi) is 4.96. The summed E-state index contributed by atoms with van der Waals surface area (Å²) in [6.45, 7) is 0. The van der Waals surface area contributed by atoms with Gasteiger partial charge in [0.25, 0.3) is 5.56 Å². The summed E-state index contributed by atoms with van der Waals surface area (Å²) in [6.07, 6.45) is 3.87. The van der Waals surface area contributed by atoms with Crippen molar-refractivity contribution in [1.29, 1.82) is 0 Å². The third kappa shape index (κ3) is 3.31. The molecule has 4 aromatic rings. The molecule has 3 aromatic carbocycles. The van der Waals surface area contributed by atoms with Crippen LogP contribution in [0.25, 0.3) is 11.8 Å². The minimum atomic E-state index is -0.116. The van der Waals surface area contributed by atoms with Crippen molar-refractivity contribution in [2.45, 2.75) is 18.9 Å². The van der Waals surface area contributed by atoms with Crippen LogP contribution < -0.4 is 14.9 Å². The van der Waals surface area contributed by atoms with Gasteiger partial charge in [0.15, 0.2) is 4.80 Å². The van der Waals surface area contributed by atoms with E-state index in [0.29, 0.717) is 0 Å². The van der Waals surface area contributed by atoms with Crippen LogP contribution in [-0.4, -0.2) is 4.57 Å². The first-order valence-corrected chi connectivity index (χ1v) is 12.5. The van der Waals surface area contributed by atoms with Gasteiger partial charge >= 0.3 is 0 Å². The van der Waals surface area contributed by atoms with Gasteiger partial charge in [-0.2, -0.15) is 0 Å². The molecule has 1 unspecified atom stereocenters. The Labute approximate surface area is 203 Å². The normalized spacial score (nSPS) is 17.4. The van der Waals surface area contributed by atoms with Crippen molar-refractivity contribution in [3.63, 3.8) is 0 Å². The average molecular weight is 546 g/mol. The van der Waals surface area contributed by atoms with Gasteiger partial charge in [0.1, 0.15) is 0 Å². The largest absolute Gasteiger partial charge is 0.272 e. The molecule has 0 spiro atoms. The summed E-state index contributed by atoms with van der Waals surface area (Å²) in [6, 6.07) is 27.0. The number of hydrogen-bond donors (Lipinski definition) is 0. The van der Waals surface area contributed by atoms with E-state index in [-0.39, 0.29) is 11.6 Å². The topological polar surface area (TPSA) is 34.4 Å². The third-order valence-electron chi connectivity index (χ3n) is 6.16. The lowest BCUT2D eigenvalue weighted by Crippen LogP contribution is -2.38. The van der Waals surface area contributed by atoms with Crippen LogP contribution in [0.15, 0.2) is 94.2 Å². The second-order valence-corrected chi connectivity index (χ2v) is 10.3. The van der Waals surface area contributed by atoms with Gasteiger partial charge in [-0.3, -0.25) is 9.36 Å². The summed E-state index contributed by atoms with van der Waals surface area (Å²) >= 11 is 3.78. The molecule has 0 amide bonds. The van der Waals surface area contributed by atoms with Crippen molar-refractivity contribution in [3.8, 4) is 0 Å². The second-order valence-electron chi connectivity index (χ2n) is 8.08. The number of aryl methyl sites for hydroxylation is 1. The molecule has 32 heavy (non-hydrogen) atoms. The number of nitrogens with zero attached hydrogens (tertiary/aromatic N) is 2. The van der Waals surface area contributed by atoms with Gasteiger partial charge in [-0.25, -0.2) is 4.99 Å². The molecule has 3 nitrogen and oxygen atoms in total. The molecule has 2 heterocycles. The van der Waals surface area contributed by atoms with Gasteiger partial charge < -0.3 is 0 Å². The van der Waals surface area contributed by atoms with Crippen molar-refractivity contribution >= 4 is 45.7 Å². The Bertz CT molecular complexity index is 1550. The summed E-state index contributed by atoms with van der Waals surface area (Å²) in [7, 11) is 0. The van der Waals surface area contributed by atoms with E-state index in [2.05, 4.69) is 83.3 Å². The molecule has 0 radical (unpaired) electrons. The number of thiazole rings is 1. The van der Waals surface area contributed by atoms with Gasteiger partial charge in [-0.1, -0.05) is 78.1 Å². The van der Waals surface area contributed by atoms with Crippen LogP contribution >= 0.6 is 33.9 Å². The number of aromatic nitrogens is 1. The number of halogens is 1. The quantitative estimate of drug-likeness (QED) is 0.329. The monoisotopic (exact) mass is 546 g/mol. The van der Waals surface area contributed by atoms with Crippen molar-refractivity contribution in [1.82, 2.24) is 4.57 Å². The van der Waals surface area contributed by atoms with Crippen LogP contribution in [0.4, 0.5) is 0 Å². The maximum atomic E-state index is 13.6. The molecule has 0 fully saturated rings. The number of fused-ring (bicyclic) bond motifs is 3. The van der Waals surface area contributed by atoms with Crippen molar-refractivity contribution < 1.29 is 0 Å². The minimum absolute atomic E-state index is 0.0339. The van der Waals surface area contributed by atoms with Crippen LogP contribution in [0.5, 0.6) is 0 Å². The molecular formula is C27H19IN2OS. The highest BCUT2D eigenvalue weighted by Crippen LogP contribution is 2.41. The number of allylic oxidation sites excluding steroid dienone is 1. The zero-order valence-electron chi connectivity index (χ0n) is 17.2. The average Bonchev–Trinajstić information content (AvgIpc) is 3.14. The Balaban J connectivity index is 1.62. The summed E-state index contributed by atoms with van der Waals surface area (Å²) in [5, 5.41) is 0. The highest BCUT2D eigenvalue weighted by molar-refractivity contribution is 14.1. The fourth-order valence-corrected chi connectivity index (χ4v) is 6.03. The van der Waals surface area contributed by atoms with Gasteiger partial charge in [-0.15, -0.1) is 0 Å². The van der Waals surface area contributed by atoms with Crippen LogP contribution in [0, 0.1) is 3.57 Å². The van der Waals surface area contributed by atoms with E-state index >= 15 is 0 Å². The van der Waals surface area contributed by atoms with E-state index < -0.39 is 0 Å². The lowest BCUT2D eigenvalue weighted by atomic mass is 9.83. The minimum Gasteiger partial charge on any atom is -0.272 e. The maximum absolute atomic E-state index is 13.6. The number of rotatable bonds is 2. The first kappa shape index (κ1) is 19.9. The fourth-order valence-electron chi connectivity index (χ4n) is 4.67. The van der Waals surface area contributed by atoms with Crippen LogP contribution in [0.3, 0.4) is 0 Å². The van der Waals surface area contributed by atoms with Crippen molar-refractivity contribution in [3.05, 3.63) is 130 Å². The molecule has 1 atom stereocenters. The highest BCUT2D eigenvalue weighted by Gasteiger charge is 2.32.